The second-order valence-electron chi connectivity index (χ2n) is 3.78. The Labute approximate surface area is 101 Å². The van der Waals surface area contributed by atoms with Crippen molar-refractivity contribution in [2.75, 3.05) is 0 Å². The van der Waals surface area contributed by atoms with E-state index in [2.05, 4.69) is 64.6 Å². The maximum absolute atomic E-state index is 3.33. The first-order chi connectivity index (χ1) is 8.45. The van der Waals surface area contributed by atoms with Gasteiger partial charge in [0.15, 0.2) is 0 Å². The Kier molecular flexibility index (Phi) is 2.81. The van der Waals surface area contributed by atoms with Gasteiger partial charge in [-0.05, 0) is 29.6 Å². The van der Waals surface area contributed by atoms with Crippen molar-refractivity contribution in [3.05, 3.63) is 67.0 Å². The van der Waals surface area contributed by atoms with Crippen LogP contribution in [0.15, 0.2) is 67.0 Å². The third-order valence-corrected chi connectivity index (χ3v) is 4.99. The van der Waals surface area contributed by atoms with E-state index < -0.39 is 7.92 Å². The van der Waals surface area contributed by atoms with Crippen molar-refractivity contribution in [3.63, 3.8) is 0 Å². The van der Waals surface area contributed by atoms with E-state index in [9.17, 15) is 0 Å². The molecule has 0 saturated heterocycles. The van der Waals surface area contributed by atoms with Crippen molar-refractivity contribution >= 4 is 24.1 Å². The lowest BCUT2D eigenvalue weighted by Gasteiger charge is -2.15. The SMILES string of the molecule is c1ccc(P(c2ccc[nH]2)c2ccc[nH]2)cc1. The molecule has 0 aliphatic rings. The topological polar surface area (TPSA) is 31.6 Å². The van der Waals surface area contributed by atoms with Crippen LogP contribution in [0.1, 0.15) is 0 Å². The molecular weight excluding hydrogens is 227 g/mol. The fraction of sp³-hybridized carbons (Fsp3) is 0. The van der Waals surface area contributed by atoms with Gasteiger partial charge in [-0.3, -0.25) is 0 Å². The molecule has 3 heteroatoms. The van der Waals surface area contributed by atoms with Gasteiger partial charge in [-0.1, -0.05) is 30.3 Å². The highest BCUT2D eigenvalue weighted by Crippen LogP contribution is 2.30. The van der Waals surface area contributed by atoms with Crippen LogP contribution in [0.5, 0.6) is 0 Å². The van der Waals surface area contributed by atoms with Gasteiger partial charge in [0.25, 0.3) is 0 Å². The molecule has 2 aromatic heterocycles. The second-order valence-corrected chi connectivity index (χ2v) is 5.93. The average molecular weight is 240 g/mol. The van der Waals surface area contributed by atoms with Crippen LogP contribution in [0.4, 0.5) is 0 Å². The predicted molar refractivity (Wildman–Crippen MR) is 73.8 cm³/mol. The monoisotopic (exact) mass is 240 g/mol. The summed E-state index contributed by atoms with van der Waals surface area (Å²) in [7, 11) is -0.483. The third-order valence-electron chi connectivity index (χ3n) is 2.66. The molecule has 0 radical (unpaired) electrons. The number of benzene rings is 1. The number of hydrogen-bond acceptors (Lipinski definition) is 0. The van der Waals surface area contributed by atoms with Crippen molar-refractivity contribution in [1.29, 1.82) is 0 Å². The largest absolute Gasteiger partial charge is 0.361 e. The van der Waals surface area contributed by atoms with E-state index in [0.29, 0.717) is 0 Å². The maximum Gasteiger partial charge on any atom is 0.0490 e. The Hall–Kier alpha value is -1.79. The molecule has 0 aliphatic carbocycles. The molecule has 84 valence electrons. The minimum absolute atomic E-state index is 0.483. The van der Waals surface area contributed by atoms with E-state index in [1.807, 2.05) is 12.4 Å². The van der Waals surface area contributed by atoms with E-state index in [0.717, 1.165) is 0 Å². The predicted octanol–water partition coefficient (Wildman–Crippen LogP) is 2.10. The molecule has 0 amide bonds. The summed E-state index contributed by atoms with van der Waals surface area (Å²) in [6, 6.07) is 19.0. The zero-order valence-corrected chi connectivity index (χ0v) is 10.2. The van der Waals surface area contributed by atoms with Crippen LogP contribution in [-0.2, 0) is 0 Å². The summed E-state index contributed by atoms with van der Waals surface area (Å²) in [5.74, 6) is 0. The van der Waals surface area contributed by atoms with Crippen molar-refractivity contribution in [3.8, 4) is 0 Å². The molecular formula is C14H13N2P. The maximum atomic E-state index is 3.33. The lowest BCUT2D eigenvalue weighted by atomic mass is 10.4. The van der Waals surface area contributed by atoms with Crippen LogP contribution < -0.4 is 16.2 Å². The standard InChI is InChI=1S/C14H13N2P/c1-2-6-12(7-3-1)17(13-8-4-10-15-13)14-9-5-11-16-14/h1-11,15-16H. The summed E-state index contributed by atoms with van der Waals surface area (Å²) in [5, 5.41) is 1.35. The van der Waals surface area contributed by atoms with Gasteiger partial charge >= 0.3 is 0 Å². The molecule has 2 nitrogen and oxygen atoms in total. The molecule has 1 aromatic carbocycles. The Bertz CT molecular complexity index is 521. The van der Waals surface area contributed by atoms with Crippen LogP contribution >= 0.6 is 7.92 Å². The molecule has 3 rings (SSSR count). The van der Waals surface area contributed by atoms with Gasteiger partial charge in [-0.15, -0.1) is 0 Å². The highest BCUT2D eigenvalue weighted by atomic mass is 31.1. The fourth-order valence-corrected chi connectivity index (χ4v) is 4.07. The van der Waals surface area contributed by atoms with Crippen LogP contribution in [-0.4, -0.2) is 9.97 Å². The minimum atomic E-state index is -0.483. The van der Waals surface area contributed by atoms with Crippen LogP contribution in [0.25, 0.3) is 0 Å². The Morgan fingerprint density at radius 3 is 1.71 bits per heavy atom. The van der Waals surface area contributed by atoms with Gasteiger partial charge < -0.3 is 9.97 Å². The lowest BCUT2D eigenvalue weighted by molar-refractivity contribution is 1.45. The summed E-state index contributed by atoms with van der Waals surface area (Å²) < 4.78 is 0. The quantitative estimate of drug-likeness (QED) is 0.657. The zero-order chi connectivity index (χ0) is 11.5. The van der Waals surface area contributed by atoms with Crippen molar-refractivity contribution < 1.29 is 0 Å². The number of aromatic nitrogens is 2. The number of H-pyrrole nitrogens is 2. The normalized spacial score (nSPS) is 10.9. The Morgan fingerprint density at radius 2 is 1.24 bits per heavy atom. The molecule has 0 fully saturated rings. The van der Waals surface area contributed by atoms with Gasteiger partial charge in [-0.2, -0.15) is 0 Å². The van der Waals surface area contributed by atoms with Gasteiger partial charge in [0.1, 0.15) is 0 Å². The molecule has 3 aromatic rings. The first-order valence-electron chi connectivity index (χ1n) is 5.57. The zero-order valence-electron chi connectivity index (χ0n) is 9.30. The van der Waals surface area contributed by atoms with E-state index in [-0.39, 0.29) is 0 Å². The molecule has 0 unspecified atom stereocenters. The van der Waals surface area contributed by atoms with Crippen LogP contribution in [0.2, 0.25) is 0 Å². The molecule has 0 spiro atoms. The first kappa shape index (κ1) is 10.4. The molecule has 2 N–H and O–H groups in total. The van der Waals surface area contributed by atoms with E-state index >= 15 is 0 Å². The summed E-state index contributed by atoms with van der Waals surface area (Å²) in [5.41, 5.74) is 2.54. The molecule has 0 atom stereocenters. The number of nitrogens with one attached hydrogen (secondary N) is 2. The van der Waals surface area contributed by atoms with Crippen molar-refractivity contribution in [2.45, 2.75) is 0 Å². The van der Waals surface area contributed by atoms with Crippen LogP contribution in [0, 0.1) is 0 Å². The summed E-state index contributed by atoms with van der Waals surface area (Å²) in [6.45, 7) is 0. The summed E-state index contributed by atoms with van der Waals surface area (Å²) in [6.07, 6.45) is 3.97. The van der Waals surface area contributed by atoms with E-state index in [1.54, 1.807) is 0 Å². The lowest BCUT2D eigenvalue weighted by Crippen LogP contribution is -2.21. The summed E-state index contributed by atoms with van der Waals surface area (Å²) >= 11 is 0. The Morgan fingerprint density at radius 1 is 0.647 bits per heavy atom. The van der Waals surface area contributed by atoms with Gasteiger partial charge in [-0.25, -0.2) is 0 Å². The van der Waals surface area contributed by atoms with Gasteiger partial charge in [0, 0.05) is 31.2 Å². The van der Waals surface area contributed by atoms with Crippen LogP contribution in [0.3, 0.4) is 0 Å². The number of aromatic amines is 2. The fourth-order valence-electron chi connectivity index (χ4n) is 1.90. The number of hydrogen-bond donors (Lipinski definition) is 2. The van der Waals surface area contributed by atoms with E-state index in [4.69, 9.17) is 0 Å². The molecule has 0 saturated carbocycles. The molecule has 0 bridgehead atoms. The Balaban J connectivity index is 2.10. The highest BCUT2D eigenvalue weighted by molar-refractivity contribution is 7.79. The second kappa shape index (κ2) is 4.60. The molecule has 0 aliphatic heterocycles. The highest BCUT2D eigenvalue weighted by Gasteiger charge is 2.17. The van der Waals surface area contributed by atoms with Gasteiger partial charge in [0.2, 0.25) is 0 Å². The average Bonchev–Trinajstić information content (AvgIpc) is 3.04. The van der Waals surface area contributed by atoms with Crippen molar-refractivity contribution in [2.24, 2.45) is 0 Å². The minimum Gasteiger partial charge on any atom is -0.361 e. The molecule has 2 heterocycles. The van der Waals surface area contributed by atoms with Gasteiger partial charge in [0.05, 0.1) is 0 Å². The smallest absolute Gasteiger partial charge is 0.0490 e. The van der Waals surface area contributed by atoms with E-state index in [1.165, 1.54) is 16.2 Å². The van der Waals surface area contributed by atoms with Crippen molar-refractivity contribution in [1.82, 2.24) is 9.97 Å². The third kappa shape index (κ3) is 2.04. The summed E-state index contributed by atoms with van der Waals surface area (Å²) in [4.78, 5) is 6.67. The molecule has 17 heavy (non-hydrogen) atoms. The first-order valence-corrected chi connectivity index (χ1v) is 6.91. The number of rotatable bonds is 3.